The first-order valence-electron chi connectivity index (χ1n) is 10.2. The molecule has 10 heteroatoms. The number of benzene rings is 1. The molecule has 0 unspecified atom stereocenters. The first-order chi connectivity index (χ1) is 15.2. The zero-order chi connectivity index (χ0) is 23.3. The monoisotopic (exact) mass is 460 g/mol. The van der Waals surface area contributed by atoms with Crippen molar-refractivity contribution in [3.05, 3.63) is 65.4 Å². The van der Waals surface area contributed by atoms with Crippen molar-refractivity contribution in [2.75, 3.05) is 20.7 Å². The number of hydrogen-bond donors (Lipinski definition) is 1. The van der Waals surface area contributed by atoms with Crippen LogP contribution in [0.2, 0.25) is 0 Å². The fourth-order valence-corrected chi connectivity index (χ4v) is 5.01. The standard InChI is InChI=1S/C22H28N4O5S/c1-16-22(32(28,29)25(3)14-19-9-7-13-31-19)17(2)26(24-16)15-21(27)23-12-11-18-8-5-6-10-20(18)30-4/h5-10,13H,11-12,14-15H2,1-4H3,(H,23,27). The Labute approximate surface area is 188 Å². The van der Waals surface area contributed by atoms with E-state index in [2.05, 4.69) is 10.4 Å². The molecular formula is C22H28N4O5S. The van der Waals surface area contributed by atoms with Crippen molar-refractivity contribution in [2.24, 2.45) is 0 Å². The number of nitrogens with zero attached hydrogens (tertiary/aromatic N) is 3. The predicted octanol–water partition coefficient (Wildman–Crippen LogP) is 2.28. The van der Waals surface area contributed by atoms with Crippen molar-refractivity contribution >= 4 is 15.9 Å². The maximum Gasteiger partial charge on any atom is 0.246 e. The van der Waals surface area contributed by atoms with Gasteiger partial charge in [-0.05, 0) is 44.0 Å². The molecule has 172 valence electrons. The van der Waals surface area contributed by atoms with E-state index in [0.29, 0.717) is 30.1 Å². The number of sulfonamides is 1. The van der Waals surface area contributed by atoms with Crippen LogP contribution in [0.3, 0.4) is 0 Å². The molecule has 1 aromatic carbocycles. The fraction of sp³-hybridized carbons (Fsp3) is 0.364. The summed E-state index contributed by atoms with van der Waals surface area (Å²) < 4.78 is 39.4. The van der Waals surface area contributed by atoms with Crippen molar-refractivity contribution in [3.63, 3.8) is 0 Å². The van der Waals surface area contributed by atoms with E-state index < -0.39 is 10.0 Å². The lowest BCUT2D eigenvalue weighted by Crippen LogP contribution is -2.30. The highest BCUT2D eigenvalue weighted by atomic mass is 32.2. The van der Waals surface area contributed by atoms with Crippen molar-refractivity contribution < 1.29 is 22.4 Å². The molecular weight excluding hydrogens is 432 g/mol. The molecule has 0 aliphatic rings. The minimum Gasteiger partial charge on any atom is -0.496 e. The second kappa shape index (κ2) is 10.0. The number of hydrogen-bond acceptors (Lipinski definition) is 6. The number of rotatable bonds is 10. The summed E-state index contributed by atoms with van der Waals surface area (Å²) in [6, 6.07) is 11.0. The van der Waals surface area contributed by atoms with Gasteiger partial charge in [0.15, 0.2) is 0 Å². The Morgan fingerprint density at radius 2 is 1.97 bits per heavy atom. The van der Waals surface area contributed by atoms with E-state index in [1.165, 1.54) is 22.3 Å². The van der Waals surface area contributed by atoms with Gasteiger partial charge in [-0.1, -0.05) is 18.2 Å². The Bertz CT molecular complexity index is 1170. The third kappa shape index (κ3) is 5.20. The molecule has 0 bridgehead atoms. The average Bonchev–Trinajstić information content (AvgIpc) is 3.36. The number of aromatic nitrogens is 2. The molecule has 0 saturated carbocycles. The van der Waals surface area contributed by atoms with Crippen molar-refractivity contribution in [2.45, 2.75) is 38.3 Å². The maximum absolute atomic E-state index is 13.1. The topological polar surface area (TPSA) is 107 Å². The van der Waals surface area contributed by atoms with Gasteiger partial charge < -0.3 is 14.5 Å². The van der Waals surface area contributed by atoms with Gasteiger partial charge in [0.1, 0.15) is 22.9 Å². The summed E-state index contributed by atoms with van der Waals surface area (Å²) >= 11 is 0. The van der Waals surface area contributed by atoms with Crippen molar-refractivity contribution in [3.8, 4) is 5.75 Å². The van der Waals surface area contributed by atoms with Gasteiger partial charge in [-0.3, -0.25) is 9.48 Å². The summed E-state index contributed by atoms with van der Waals surface area (Å²) in [5, 5.41) is 7.15. The zero-order valence-corrected chi connectivity index (χ0v) is 19.5. The van der Waals surface area contributed by atoms with Crippen LogP contribution in [-0.4, -0.2) is 49.1 Å². The van der Waals surface area contributed by atoms with Gasteiger partial charge in [-0.15, -0.1) is 0 Å². The Morgan fingerprint density at radius 3 is 2.66 bits per heavy atom. The van der Waals surface area contributed by atoms with E-state index in [4.69, 9.17) is 9.15 Å². The first kappa shape index (κ1) is 23.6. The van der Waals surface area contributed by atoms with Crippen LogP contribution in [0.1, 0.15) is 22.7 Å². The molecule has 9 nitrogen and oxygen atoms in total. The average molecular weight is 461 g/mol. The van der Waals surface area contributed by atoms with Gasteiger partial charge in [0.2, 0.25) is 15.9 Å². The van der Waals surface area contributed by atoms with Gasteiger partial charge in [0.05, 0.1) is 31.3 Å². The minimum atomic E-state index is -3.81. The summed E-state index contributed by atoms with van der Waals surface area (Å²) in [5.74, 6) is 1.06. The molecule has 2 aromatic heterocycles. The van der Waals surface area contributed by atoms with Crippen LogP contribution in [-0.2, 0) is 34.3 Å². The third-order valence-electron chi connectivity index (χ3n) is 5.14. The predicted molar refractivity (Wildman–Crippen MR) is 119 cm³/mol. The lowest BCUT2D eigenvalue weighted by molar-refractivity contribution is -0.121. The van der Waals surface area contributed by atoms with Gasteiger partial charge >= 0.3 is 0 Å². The quantitative estimate of drug-likeness (QED) is 0.498. The Balaban J connectivity index is 1.65. The van der Waals surface area contributed by atoms with E-state index >= 15 is 0 Å². The number of furan rings is 1. The lowest BCUT2D eigenvalue weighted by Gasteiger charge is -2.16. The van der Waals surface area contributed by atoms with Gasteiger partial charge in [0, 0.05) is 13.6 Å². The SMILES string of the molecule is COc1ccccc1CCNC(=O)Cn1nc(C)c(S(=O)(=O)N(C)Cc2ccco2)c1C. The highest BCUT2D eigenvalue weighted by Crippen LogP contribution is 2.24. The van der Waals surface area contributed by atoms with Crippen LogP contribution in [0.5, 0.6) is 5.75 Å². The number of amides is 1. The van der Waals surface area contributed by atoms with Crippen molar-refractivity contribution in [1.82, 2.24) is 19.4 Å². The highest BCUT2D eigenvalue weighted by molar-refractivity contribution is 7.89. The Hall–Kier alpha value is -3.11. The van der Waals surface area contributed by atoms with Crippen molar-refractivity contribution in [1.29, 1.82) is 0 Å². The van der Waals surface area contributed by atoms with Gasteiger partial charge in [-0.2, -0.15) is 9.40 Å². The number of aryl methyl sites for hydroxylation is 1. The largest absolute Gasteiger partial charge is 0.496 e. The molecule has 0 saturated heterocycles. The van der Waals surface area contributed by atoms with E-state index in [1.807, 2.05) is 24.3 Å². The molecule has 3 rings (SSSR count). The number of para-hydroxylation sites is 1. The van der Waals surface area contributed by atoms with E-state index in [9.17, 15) is 13.2 Å². The molecule has 0 fully saturated rings. The Kier molecular flexibility index (Phi) is 7.37. The number of methoxy groups -OCH3 is 1. The van der Waals surface area contributed by atoms with Crippen LogP contribution in [0.4, 0.5) is 0 Å². The molecule has 0 atom stereocenters. The third-order valence-corrected chi connectivity index (χ3v) is 7.20. The summed E-state index contributed by atoms with van der Waals surface area (Å²) in [6.45, 7) is 3.72. The zero-order valence-electron chi connectivity index (χ0n) is 18.7. The summed E-state index contributed by atoms with van der Waals surface area (Å²) in [5.41, 5.74) is 1.75. The van der Waals surface area contributed by atoms with E-state index in [1.54, 1.807) is 33.1 Å². The maximum atomic E-state index is 13.1. The highest BCUT2D eigenvalue weighted by Gasteiger charge is 2.29. The normalized spacial score (nSPS) is 11.7. The van der Waals surface area contributed by atoms with Crippen LogP contribution >= 0.6 is 0 Å². The molecule has 0 aliphatic heterocycles. The van der Waals surface area contributed by atoms with Crippen LogP contribution in [0.25, 0.3) is 0 Å². The number of nitrogens with one attached hydrogen (secondary N) is 1. The van der Waals surface area contributed by atoms with Gasteiger partial charge in [-0.25, -0.2) is 8.42 Å². The molecule has 32 heavy (non-hydrogen) atoms. The summed E-state index contributed by atoms with van der Waals surface area (Å²) in [6.07, 6.45) is 2.11. The fourth-order valence-electron chi connectivity index (χ4n) is 3.51. The molecule has 0 radical (unpaired) electrons. The molecule has 0 spiro atoms. The number of ether oxygens (including phenoxy) is 1. The molecule has 3 aromatic rings. The van der Waals surface area contributed by atoms with Gasteiger partial charge in [0.25, 0.3) is 0 Å². The van der Waals surface area contributed by atoms with E-state index in [0.717, 1.165) is 11.3 Å². The van der Waals surface area contributed by atoms with Crippen LogP contribution in [0, 0.1) is 13.8 Å². The number of carbonyl (C=O) groups excluding carboxylic acids is 1. The molecule has 1 N–H and O–H groups in total. The van der Waals surface area contributed by atoms with E-state index in [-0.39, 0.29) is 23.9 Å². The smallest absolute Gasteiger partial charge is 0.246 e. The molecule has 0 aliphatic carbocycles. The number of carbonyl (C=O) groups is 1. The lowest BCUT2D eigenvalue weighted by atomic mass is 10.1. The summed E-state index contributed by atoms with van der Waals surface area (Å²) in [7, 11) is -0.714. The minimum absolute atomic E-state index is 0.0734. The second-order valence-electron chi connectivity index (χ2n) is 7.41. The van der Waals surface area contributed by atoms with Crippen LogP contribution in [0.15, 0.2) is 52.0 Å². The first-order valence-corrected chi connectivity index (χ1v) is 11.6. The molecule has 2 heterocycles. The molecule has 1 amide bonds. The second-order valence-corrected chi connectivity index (χ2v) is 9.39. The Morgan fingerprint density at radius 1 is 1.22 bits per heavy atom. The van der Waals surface area contributed by atoms with Crippen LogP contribution < -0.4 is 10.1 Å². The summed E-state index contributed by atoms with van der Waals surface area (Å²) in [4.78, 5) is 12.6.